The molecule has 39 heavy (non-hydrogen) atoms. The smallest absolute Gasteiger partial charge is 0.410 e. The van der Waals surface area contributed by atoms with Crippen LogP contribution >= 0.6 is 0 Å². The second kappa shape index (κ2) is 10.1. The number of rotatable bonds is 3. The molecule has 9 heteroatoms. The van der Waals surface area contributed by atoms with Crippen molar-refractivity contribution in [2.24, 2.45) is 0 Å². The Morgan fingerprint density at radius 2 is 1.56 bits per heavy atom. The van der Waals surface area contributed by atoms with E-state index in [9.17, 15) is 14.0 Å². The molecule has 3 heterocycles. The molecule has 4 aromatic rings. The molecule has 202 valence electrons. The van der Waals surface area contributed by atoms with E-state index in [1.807, 2.05) is 69.9 Å². The number of hydrogen-bond acceptors (Lipinski definition) is 6. The zero-order chi connectivity index (χ0) is 27.9. The van der Waals surface area contributed by atoms with Gasteiger partial charge in [-0.1, -0.05) is 42.5 Å². The van der Waals surface area contributed by atoms with Crippen molar-refractivity contribution in [3.8, 4) is 22.3 Å². The number of piperazine rings is 1. The molecule has 8 nitrogen and oxygen atoms in total. The third kappa shape index (κ3) is 5.21. The van der Waals surface area contributed by atoms with E-state index in [0.29, 0.717) is 60.0 Å². The number of halogens is 1. The number of benzene rings is 2. The molecule has 0 aliphatic carbocycles. The van der Waals surface area contributed by atoms with Gasteiger partial charge in [0, 0.05) is 37.3 Å². The van der Waals surface area contributed by atoms with Crippen LogP contribution in [0.25, 0.3) is 27.8 Å². The monoisotopic (exact) mass is 529 g/mol. The summed E-state index contributed by atoms with van der Waals surface area (Å²) in [6.07, 6.45) is -0.365. The van der Waals surface area contributed by atoms with Crippen LogP contribution in [-0.2, 0) is 4.74 Å². The van der Waals surface area contributed by atoms with Gasteiger partial charge < -0.3 is 14.5 Å². The zero-order valence-electron chi connectivity index (χ0n) is 22.9. The Bertz CT molecular complexity index is 1620. The normalized spacial score (nSPS) is 14.1. The van der Waals surface area contributed by atoms with Crippen molar-refractivity contribution in [3.63, 3.8) is 0 Å². The lowest BCUT2D eigenvalue weighted by Crippen LogP contribution is -2.51. The van der Waals surface area contributed by atoms with Crippen LogP contribution in [0.2, 0.25) is 0 Å². The first-order valence-corrected chi connectivity index (χ1v) is 13.0. The summed E-state index contributed by atoms with van der Waals surface area (Å²) in [7, 11) is 0. The molecule has 0 radical (unpaired) electrons. The molecule has 0 atom stereocenters. The number of aromatic nitrogens is 3. The lowest BCUT2D eigenvalue weighted by Gasteiger charge is -2.36. The maximum absolute atomic E-state index is 14.8. The van der Waals surface area contributed by atoms with Crippen molar-refractivity contribution < 1.29 is 13.9 Å². The largest absolute Gasteiger partial charge is 0.444 e. The van der Waals surface area contributed by atoms with Crippen LogP contribution in [0.15, 0.2) is 59.4 Å². The fourth-order valence-corrected chi connectivity index (χ4v) is 4.87. The average Bonchev–Trinajstić information content (AvgIpc) is 2.88. The second-order valence-corrected chi connectivity index (χ2v) is 10.8. The predicted molar refractivity (Wildman–Crippen MR) is 150 cm³/mol. The Hall–Kier alpha value is -4.27. The second-order valence-electron chi connectivity index (χ2n) is 10.8. The van der Waals surface area contributed by atoms with E-state index < -0.39 is 5.60 Å². The molecule has 0 saturated carbocycles. The first kappa shape index (κ1) is 26.3. The highest BCUT2D eigenvalue weighted by Crippen LogP contribution is 2.32. The predicted octanol–water partition coefficient (Wildman–Crippen LogP) is 5.24. The third-order valence-electron chi connectivity index (χ3n) is 6.80. The van der Waals surface area contributed by atoms with Gasteiger partial charge in [0.1, 0.15) is 11.4 Å². The number of ether oxygens (including phenoxy) is 1. The molecule has 1 aliphatic rings. The number of aryl methyl sites for hydroxylation is 2. The van der Waals surface area contributed by atoms with E-state index in [-0.39, 0.29) is 17.5 Å². The van der Waals surface area contributed by atoms with E-state index in [1.165, 1.54) is 6.07 Å². The summed E-state index contributed by atoms with van der Waals surface area (Å²) in [6, 6.07) is 16.0. The lowest BCUT2D eigenvalue weighted by atomic mass is 9.98. The summed E-state index contributed by atoms with van der Waals surface area (Å²) in [5, 5.41) is 4.83. The van der Waals surface area contributed by atoms with Gasteiger partial charge in [0.25, 0.3) is 5.56 Å². The molecule has 0 N–H and O–H groups in total. The number of anilines is 1. The van der Waals surface area contributed by atoms with Crippen LogP contribution in [0.5, 0.6) is 0 Å². The Kier molecular flexibility index (Phi) is 6.84. The maximum Gasteiger partial charge on any atom is 0.410 e. The third-order valence-corrected chi connectivity index (χ3v) is 6.80. The summed E-state index contributed by atoms with van der Waals surface area (Å²) in [6.45, 7) is 11.0. The van der Waals surface area contributed by atoms with Crippen molar-refractivity contribution in [2.45, 2.75) is 40.2 Å². The Balaban J connectivity index is 1.63. The summed E-state index contributed by atoms with van der Waals surface area (Å²) in [4.78, 5) is 34.3. The number of amides is 1. The van der Waals surface area contributed by atoms with Gasteiger partial charge in [-0.05, 0) is 57.9 Å². The molecule has 2 aromatic carbocycles. The molecule has 0 unspecified atom stereocenters. The highest BCUT2D eigenvalue weighted by molar-refractivity contribution is 5.85. The SMILES string of the molecule is Cc1ccccc1-c1c(=O)nc(N2CCN(C(=O)OC(C)(C)C)CC2)n2nc(C)c(-c3ccccc3F)cc12. The van der Waals surface area contributed by atoms with Crippen molar-refractivity contribution in [2.75, 3.05) is 31.1 Å². The molecule has 1 aliphatic heterocycles. The van der Waals surface area contributed by atoms with Crippen LogP contribution in [0.1, 0.15) is 32.0 Å². The molecule has 2 aromatic heterocycles. The number of nitrogens with zero attached hydrogens (tertiary/aromatic N) is 5. The first-order valence-electron chi connectivity index (χ1n) is 13.0. The number of carbonyl (C=O) groups excluding carboxylic acids is 1. The summed E-state index contributed by atoms with van der Waals surface area (Å²) < 4.78 is 22.0. The van der Waals surface area contributed by atoms with E-state index in [4.69, 9.17) is 9.84 Å². The molecule has 1 saturated heterocycles. The van der Waals surface area contributed by atoms with Gasteiger partial charge in [-0.15, -0.1) is 0 Å². The Morgan fingerprint density at radius 1 is 0.923 bits per heavy atom. The number of hydrogen-bond donors (Lipinski definition) is 0. The van der Waals surface area contributed by atoms with Gasteiger partial charge in [-0.3, -0.25) is 4.79 Å². The van der Waals surface area contributed by atoms with Gasteiger partial charge in [-0.2, -0.15) is 14.6 Å². The van der Waals surface area contributed by atoms with E-state index in [0.717, 1.165) is 11.1 Å². The minimum atomic E-state index is -0.581. The molecule has 1 fully saturated rings. The molecule has 0 spiro atoms. The molecular weight excluding hydrogens is 497 g/mol. The number of carbonyl (C=O) groups is 1. The average molecular weight is 530 g/mol. The van der Waals surface area contributed by atoms with Crippen LogP contribution in [0, 0.1) is 19.7 Å². The fraction of sp³-hybridized carbons (Fsp3) is 0.333. The van der Waals surface area contributed by atoms with E-state index in [2.05, 4.69) is 4.98 Å². The summed E-state index contributed by atoms with van der Waals surface area (Å²) in [5.41, 5.74) is 3.27. The quantitative estimate of drug-likeness (QED) is 0.361. The van der Waals surface area contributed by atoms with Gasteiger partial charge in [0.15, 0.2) is 0 Å². The Morgan fingerprint density at radius 3 is 2.21 bits per heavy atom. The van der Waals surface area contributed by atoms with Gasteiger partial charge in [0.05, 0.1) is 16.8 Å². The standard InChI is InChI=1S/C30H32FN5O3/c1-19-10-6-7-11-21(19)26-25-18-23(22-12-8-9-13-24(22)31)20(2)33-36(25)28(32-27(26)37)34-14-16-35(17-15-34)29(38)39-30(3,4)5/h6-13,18H,14-17H2,1-5H3. The minimum absolute atomic E-state index is 0.362. The van der Waals surface area contributed by atoms with Crippen LogP contribution in [0.3, 0.4) is 0 Å². The number of fused-ring (bicyclic) bond motifs is 1. The van der Waals surface area contributed by atoms with Crippen molar-refractivity contribution in [1.82, 2.24) is 19.5 Å². The van der Waals surface area contributed by atoms with Crippen LogP contribution in [0.4, 0.5) is 15.1 Å². The van der Waals surface area contributed by atoms with Crippen molar-refractivity contribution >= 4 is 17.6 Å². The molecule has 1 amide bonds. The van der Waals surface area contributed by atoms with Gasteiger partial charge in [-0.25, -0.2) is 9.18 Å². The molecule has 5 rings (SSSR count). The van der Waals surface area contributed by atoms with Gasteiger partial charge >= 0.3 is 6.09 Å². The minimum Gasteiger partial charge on any atom is -0.444 e. The zero-order valence-corrected chi connectivity index (χ0v) is 22.9. The van der Waals surface area contributed by atoms with Crippen LogP contribution < -0.4 is 10.5 Å². The molecule has 0 bridgehead atoms. The fourth-order valence-electron chi connectivity index (χ4n) is 4.87. The Labute approximate surface area is 226 Å². The van der Waals surface area contributed by atoms with Gasteiger partial charge in [0.2, 0.25) is 5.95 Å². The van der Waals surface area contributed by atoms with E-state index >= 15 is 0 Å². The topological polar surface area (TPSA) is 80.0 Å². The van der Waals surface area contributed by atoms with Crippen LogP contribution in [-0.4, -0.2) is 57.4 Å². The van der Waals surface area contributed by atoms with E-state index in [1.54, 1.807) is 27.6 Å². The van der Waals surface area contributed by atoms with Crippen molar-refractivity contribution in [3.05, 3.63) is 82.0 Å². The summed E-state index contributed by atoms with van der Waals surface area (Å²) >= 11 is 0. The molecular formula is C30H32FN5O3. The first-order chi connectivity index (χ1) is 18.5. The highest BCUT2D eigenvalue weighted by atomic mass is 19.1. The maximum atomic E-state index is 14.8. The summed E-state index contributed by atoms with van der Waals surface area (Å²) in [5.74, 6) is 0.0263. The highest BCUT2D eigenvalue weighted by Gasteiger charge is 2.29. The van der Waals surface area contributed by atoms with Crippen molar-refractivity contribution in [1.29, 1.82) is 0 Å². The lowest BCUT2D eigenvalue weighted by molar-refractivity contribution is 0.0240.